The van der Waals surface area contributed by atoms with Gasteiger partial charge in [-0.25, -0.2) is 0 Å². The summed E-state index contributed by atoms with van der Waals surface area (Å²) in [4.78, 5) is 16.2. The number of benzene rings is 2. The molecule has 1 saturated heterocycles. The highest BCUT2D eigenvalue weighted by Crippen LogP contribution is 2.38. The molecule has 162 valence electrons. The number of rotatable bonds is 8. The number of likely N-dealkylation sites (tertiary alicyclic amines) is 1. The molecule has 0 aromatic heterocycles. The summed E-state index contributed by atoms with van der Waals surface area (Å²) in [6.07, 6.45) is 1.83. The van der Waals surface area contributed by atoms with Crippen LogP contribution in [0.1, 0.15) is 24.0 Å². The SMILES string of the molecule is COc1cc(C[NH+]2CCC(C(=O)N(C)Cc3ccccc3)CC2)cc(OC)c1OC. The second-order valence-corrected chi connectivity index (χ2v) is 7.91. The summed E-state index contributed by atoms with van der Waals surface area (Å²) in [6, 6.07) is 14.2. The summed E-state index contributed by atoms with van der Waals surface area (Å²) in [5, 5.41) is 0. The monoisotopic (exact) mass is 413 g/mol. The average molecular weight is 414 g/mol. The van der Waals surface area contributed by atoms with Gasteiger partial charge in [0.15, 0.2) is 11.5 Å². The Morgan fingerprint density at radius 1 is 0.967 bits per heavy atom. The van der Waals surface area contributed by atoms with Crippen molar-refractivity contribution >= 4 is 5.91 Å². The summed E-state index contributed by atoms with van der Waals surface area (Å²) in [5.41, 5.74) is 2.31. The maximum atomic E-state index is 12.9. The molecule has 0 saturated carbocycles. The fourth-order valence-corrected chi connectivity index (χ4v) is 4.22. The van der Waals surface area contributed by atoms with Gasteiger partial charge in [0.1, 0.15) is 6.54 Å². The van der Waals surface area contributed by atoms with Gasteiger partial charge in [0.25, 0.3) is 0 Å². The Morgan fingerprint density at radius 3 is 2.10 bits per heavy atom. The molecule has 0 aliphatic carbocycles. The predicted octanol–water partition coefficient (Wildman–Crippen LogP) is 2.17. The van der Waals surface area contributed by atoms with Gasteiger partial charge in [0, 0.05) is 37.9 Å². The van der Waals surface area contributed by atoms with Gasteiger partial charge in [0.05, 0.1) is 34.4 Å². The zero-order valence-electron chi connectivity index (χ0n) is 18.4. The Morgan fingerprint density at radius 2 is 1.57 bits per heavy atom. The van der Waals surface area contributed by atoms with Crippen LogP contribution in [0.5, 0.6) is 17.2 Å². The zero-order chi connectivity index (χ0) is 21.5. The van der Waals surface area contributed by atoms with E-state index in [0.29, 0.717) is 23.8 Å². The van der Waals surface area contributed by atoms with Crippen LogP contribution in [0.15, 0.2) is 42.5 Å². The lowest BCUT2D eigenvalue weighted by molar-refractivity contribution is -0.919. The normalized spacial score (nSPS) is 18.5. The smallest absolute Gasteiger partial charge is 0.226 e. The highest BCUT2D eigenvalue weighted by atomic mass is 16.5. The van der Waals surface area contributed by atoms with Crippen molar-refractivity contribution in [3.8, 4) is 17.2 Å². The van der Waals surface area contributed by atoms with Crippen molar-refractivity contribution in [3.63, 3.8) is 0 Å². The molecule has 1 amide bonds. The lowest BCUT2D eigenvalue weighted by atomic mass is 9.95. The van der Waals surface area contributed by atoms with Gasteiger partial charge in [-0.2, -0.15) is 0 Å². The molecule has 1 fully saturated rings. The highest BCUT2D eigenvalue weighted by Gasteiger charge is 2.29. The fraction of sp³-hybridized carbons (Fsp3) is 0.458. The van der Waals surface area contributed by atoms with Crippen LogP contribution in [0.3, 0.4) is 0 Å². The van der Waals surface area contributed by atoms with Crippen molar-refractivity contribution in [1.29, 1.82) is 0 Å². The number of carbonyl (C=O) groups is 1. The number of quaternary nitrogens is 1. The molecular formula is C24H33N2O4+. The van der Waals surface area contributed by atoms with Crippen LogP contribution in [0.2, 0.25) is 0 Å². The number of carbonyl (C=O) groups excluding carboxylic acids is 1. The van der Waals surface area contributed by atoms with E-state index in [1.165, 1.54) is 10.5 Å². The van der Waals surface area contributed by atoms with Gasteiger partial charge in [0.2, 0.25) is 11.7 Å². The van der Waals surface area contributed by atoms with Crippen LogP contribution in [0.25, 0.3) is 0 Å². The van der Waals surface area contributed by atoms with Gasteiger partial charge >= 0.3 is 0 Å². The van der Waals surface area contributed by atoms with Crippen LogP contribution >= 0.6 is 0 Å². The lowest BCUT2D eigenvalue weighted by Gasteiger charge is -2.31. The third kappa shape index (κ3) is 5.25. The Kier molecular flexibility index (Phi) is 7.57. The molecule has 2 aromatic rings. The molecule has 0 bridgehead atoms. The van der Waals surface area contributed by atoms with E-state index in [1.807, 2.05) is 42.3 Å². The highest BCUT2D eigenvalue weighted by molar-refractivity contribution is 5.78. The van der Waals surface area contributed by atoms with E-state index in [-0.39, 0.29) is 11.8 Å². The van der Waals surface area contributed by atoms with E-state index in [4.69, 9.17) is 14.2 Å². The number of ether oxygens (including phenoxy) is 3. The molecule has 0 atom stereocenters. The molecule has 6 heteroatoms. The summed E-state index contributed by atoms with van der Waals surface area (Å²) in [6.45, 7) is 3.49. The van der Waals surface area contributed by atoms with Crippen LogP contribution < -0.4 is 19.1 Å². The van der Waals surface area contributed by atoms with Crippen LogP contribution in [0.4, 0.5) is 0 Å². The molecule has 1 N–H and O–H groups in total. The molecule has 1 aliphatic heterocycles. The minimum absolute atomic E-state index is 0.113. The van der Waals surface area contributed by atoms with Crippen molar-refractivity contribution in [2.75, 3.05) is 41.5 Å². The van der Waals surface area contributed by atoms with Crippen LogP contribution in [-0.4, -0.2) is 52.3 Å². The minimum Gasteiger partial charge on any atom is -0.493 e. The third-order valence-corrected chi connectivity index (χ3v) is 5.86. The third-order valence-electron chi connectivity index (χ3n) is 5.86. The number of methoxy groups -OCH3 is 3. The Balaban J connectivity index is 1.56. The molecule has 6 nitrogen and oxygen atoms in total. The number of amides is 1. The molecule has 0 radical (unpaired) electrons. The molecule has 3 rings (SSSR count). The van der Waals surface area contributed by atoms with E-state index >= 15 is 0 Å². The Bertz CT molecular complexity index is 807. The van der Waals surface area contributed by atoms with Crippen molar-refractivity contribution in [2.24, 2.45) is 5.92 Å². The number of hydrogen-bond donors (Lipinski definition) is 1. The lowest BCUT2D eigenvalue weighted by Crippen LogP contribution is -3.11. The predicted molar refractivity (Wildman–Crippen MR) is 116 cm³/mol. The summed E-state index contributed by atoms with van der Waals surface area (Å²) in [7, 11) is 6.79. The van der Waals surface area contributed by atoms with E-state index in [9.17, 15) is 4.79 Å². The molecule has 2 aromatic carbocycles. The molecule has 0 spiro atoms. The van der Waals surface area contributed by atoms with Crippen LogP contribution in [-0.2, 0) is 17.9 Å². The summed E-state index contributed by atoms with van der Waals surface area (Å²) in [5.74, 6) is 2.34. The standard InChI is InChI=1S/C24H32N2O4/c1-25(16-18-8-6-5-7-9-18)24(27)20-10-12-26(13-11-20)17-19-14-21(28-2)23(30-4)22(15-19)29-3/h5-9,14-15,20H,10-13,16-17H2,1-4H3/p+1. The van der Waals surface area contributed by atoms with E-state index in [2.05, 4.69) is 12.1 Å². The van der Waals surface area contributed by atoms with E-state index in [1.54, 1.807) is 21.3 Å². The Hall–Kier alpha value is -2.73. The Labute approximate surface area is 179 Å². The summed E-state index contributed by atoms with van der Waals surface area (Å²) < 4.78 is 16.3. The van der Waals surface area contributed by atoms with Crippen molar-refractivity contribution in [3.05, 3.63) is 53.6 Å². The van der Waals surface area contributed by atoms with Crippen LogP contribution in [0, 0.1) is 5.92 Å². The molecule has 1 heterocycles. The largest absolute Gasteiger partial charge is 0.493 e. The number of piperidine rings is 1. The van der Waals surface area contributed by atoms with E-state index in [0.717, 1.165) is 38.0 Å². The average Bonchev–Trinajstić information content (AvgIpc) is 2.79. The first-order valence-electron chi connectivity index (χ1n) is 10.5. The van der Waals surface area contributed by atoms with Gasteiger partial charge in [-0.15, -0.1) is 0 Å². The summed E-state index contributed by atoms with van der Waals surface area (Å²) >= 11 is 0. The van der Waals surface area contributed by atoms with Gasteiger partial charge in [-0.05, 0) is 17.7 Å². The molecule has 0 unspecified atom stereocenters. The van der Waals surface area contributed by atoms with E-state index < -0.39 is 0 Å². The molecule has 30 heavy (non-hydrogen) atoms. The fourth-order valence-electron chi connectivity index (χ4n) is 4.22. The first-order valence-corrected chi connectivity index (χ1v) is 10.5. The first-order chi connectivity index (χ1) is 14.5. The zero-order valence-corrected chi connectivity index (χ0v) is 18.4. The van der Waals surface area contributed by atoms with Crippen molar-refractivity contribution in [1.82, 2.24) is 4.90 Å². The second kappa shape index (κ2) is 10.3. The van der Waals surface area contributed by atoms with Gasteiger partial charge in [-0.3, -0.25) is 4.79 Å². The van der Waals surface area contributed by atoms with Crippen molar-refractivity contribution in [2.45, 2.75) is 25.9 Å². The van der Waals surface area contributed by atoms with Crippen molar-refractivity contribution < 1.29 is 23.9 Å². The number of nitrogens with one attached hydrogen (secondary N) is 1. The maximum Gasteiger partial charge on any atom is 0.226 e. The minimum atomic E-state index is 0.113. The quantitative estimate of drug-likeness (QED) is 0.721. The maximum absolute atomic E-state index is 12.9. The first kappa shape index (κ1) is 22.0. The molecular weight excluding hydrogens is 380 g/mol. The molecule has 1 aliphatic rings. The van der Waals surface area contributed by atoms with Gasteiger partial charge in [-0.1, -0.05) is 30.3 Å². The number of nitrogens with zero attached hydrogens (tertiary/aromatic N) is 1. The number of hydrogen-bond acceptors (Lipinski definition) is 4. The second-order valence-electron chi connectivity index (χ2n) is 7.91. The topological polar surface area (TPSA) is 52.4 Å². The van der Waals surface area contributed by atoms with Gasteiger partial charge < -0.3 is 24.0 Å².